The smallest absolute Gasteiger partial charge is 0.408 e. The minimum absolute atomic E-state index is 0.00104. The van der Waals surface area contributed by atoms with Gasteiger partial charge in [-0.3, -0.25) is 9.59 Å². The van der Waals surface area contributed by atoms with Gasteiger partial charge in [-0.1, -0.05) is 61.5 Å². The van der Waals surface area contributed by atoms with Crippen molar-refractivity contribution < 1.29 is 28.7 Å². The van der Waals surface area contributed by atoms with Crippen LogP contribution in [0.2, 0.25) is 0 Å². The maximum atomic E-state index is 14.3. The molecule has 3 rings (SSSR count). The predicted octanol–water partition coefficient (Wildman–Crippen LogP) is 5.17. The van der Waals surface area contributed by atoms with Crippen LogP contribution in [0.1, 0.15) is 84.0 Å². The van der Waals surface area contributed by atoms with Crippen molar-refractivity contribution in [2.75, 3.05) is 5.75 Å². The Morgan fingerprint density at radius 1 is 0.841 bits per heavy atom. The van der Waals surface area contributed by atoms with Crippen molar-refractivity contribution in [2.24, 2.45) is 0 Å². The Morgan fingerprint density at radius 2 is 1.43 bits per heavy atom. The second-order valence-corrected chi connectivity index (χ2v) is 13.5. The summed E-state index contributed by atoms with van der Waals surface area (Å²) in [5.74, 6) is -1.54. The minimum atomic E-state index is -1.07. The van der Waals surface area contributed by atoms with E-state index >= 15 is 0 Å². The summed E-state index contributed by atoms with van der Waals surface area (Å²) in [5, 5.41) is 5.56. The van der Waals surface area contributed by atoms with Gasteiger partial charge in [0.05, 0.1) is 0 Å². The maximum Gasteiger partial charge on any atom is 0.408 e. The van der Waals surface area contributed by atoms with Gasteiger partial charge in [0.2, 0.25) is 11.8 Å². The Bertz CT molecular complexity index is 1280. The van der Waals surface area contributed by atoms with E-state index in [1.54, 1.807) is 41.5 Å². The molecule has 0 aromatic heterocycles. The molecule has 9 nitrogen and oxygen atoms in total. The third kappa shape index (κ3) is 10.6. The molecular formula is C34H47N3O6S. The number of nitrogens with zero attached hydrogens (tertiary/aromatic N) is 1. The molecule has 1 aliphatic rings. The van der Waals surface area contributed by atoms with Gasteiger partial charge < -0.3 is 25.0 Å². The van der Waals surface area contributed by atoms with Crippen molar-refractivity contribution in [3.8, 4) is 0 Å². The number of carbonyl (C=O) groups is 4. The van der Waals surface area contributed by atoms with Crippen molar-refractivity contribution in [3.63, 3.8) is 0 Å². The Labute approximate surface area is 266 Å². The van der Waals surface area contributed by atoms with Crippen LogP contribution in [0.4, 0.5) is 4.79 Å². The molecule has 3 unspecified atom stereocenters. The standard InChI is InChI=1S/C34H47N3O6S/c1-8-22-14-16-24(17-15-22)28(37(25-18-19-25)30(39)27(21-44)36-32(41)43-34(5,6)7)29(38)35-26(31(40)42-33(2,3)4)20-23-12-10-9-11-13-23/h9-17,25-28,44H,8,18-21H2,1-7H3,(H,35,38)(H,36,41). The number of nitrogens with one attached hydrogen (secondary N) is 2. The van der Waals surface area contributed by atoms with Crippen LogP contribution >= 0.6 is 12.6 Å². The molecule has 240 valence electrons. The number of hydrogen-bond acceptors (Lipinski definition) is 7. The number of thiol groups is 1. The zero-order valence-electron chi connectivity index (χ0n) is 26.9. The predicted molar refractivity (Wildman–Crippen MR) is 173 cm³/mol. The van der Waals surface area contributed by atoms with Gasteiger partial charge in [-0.05, 0) is 77.5 Å². The molecule has 1 saturated carbocycles. The van der Waals surface area contributed by atoms with Gasteiger partial charge in [-0.2, -0.15) is 12.6 Å². The van der Waals surface area contributed by atoms with Crippen LogP contribution in [-0.4, -0.2) is 63.9 Å². The van der Waals surface area contributed by atoms with Crippen molar-refractivity contribution in [2.45, 2.75) is 110 Å². The van der Waals surface area contributed by atoms with Gasteiger partial charge in [0.25, 0.3) is 0 Å². The average molecular weight is 626 g/mol. The van der Waals surface area contributed by atoms with Crippen LogP contribution in [0.3, 0.4) is 0 Å². The van der Waals surface area contributed by atoms with E-state index in [0.717, 1.165) is 17.5 Å². The molecule has 1 aliphatic carbocycles. The van der Waals surface area contributed by atoms with Gasteiger partial charge >= 0.3 is 12.1 Å². The first kappa shape index (κ1) is 35.0. The fourth-order valence-corrected chi connectivity index (χ4v) is 4.97. The third-order valence-corrected chi connectivity index (χ3v) is 7.25. The SMILES string of the molecule is CCc1ccc(C(C(=O)NC(Cc2ccccc2)C(=O)OC(C)(C)C)N(C(=O)C(CS)NC(=O)OC(C)(C)C)C2CC2)cc1. The number of aryl methyl sites for hydroxylation is 1. The van der Waals surface area contributed by atoms with Crippen LogP contribution in [0.5, 0.6) is 0 Å². The number of carbonyl (C=O) groups excluding carboxylic acids is 4. The Morgan fingerprint density at radius 3 is 1.93 bits per heavy atom. The summed E-state index contributed by atoms with van der Waals surface area (Å²) < 4.78 is 11.1. The topological polar surface area (TPSA) is 114 Å². The van der Waals surface area contributed by atoms with E-state index in [2.05, 4.69) is 23.3 Å². The number of benzene rings is 2. The molecular weight excluding hydrogens is 578 g/mol. The van der Waals surface area contributed by atoms with Gasteiger partial charge in [0.1, 0.15) is 29.3 Å². The lowest BCUT2D eigenvalue weighted by Crippen LogP contribution is -2.56. The summed E-state index contributed by atoms with van der Waals surface area (Å²) in [6.45, 7) is 12.5. The second-order valence-electron chi connectivity index (χ2n) is 13.1. The molecule has 0 bridgehead atoms. The van der Waals surface area contributed by atoms with E-state index in [1.807, 2.05) is 61.5 Å². The van der Waals surface area contributed by atoms with Crippen LogP contribution in [0, 0.1) is 0 Å². The molecule has 3 atom stereocenters. The lowest BCUT2D eigenvalue weighted by Gasteiger charge is -2.35. The molecule has 0 saturated heterocycles. The lowest BCUT2D eigenvalue weighted by atomic mass is 9.99. The lowest BCUT2D eigenvalue weighted by molar-refractivity contribution is -0.159. The highest BCUT2D eigenvalue weighted by Crippen LogP contribution is 2.36. The Balaban J connectivity index is 2.00. The highest BCUT2D eigenvalue weighted by Gasteiger charge is 2.44. The number of hydrogen-bond donors (Lipinski definition) is 3. The monoisotopic (exact) mass is 625 g/mol. The fraction of sp³-hybridized carbons (Fsp3) is 0.529. The highest BCUT2D eigenvalue weighted by molar-refractivity contribution is 7.80. The van der Waals surface area contributed by atoms with Crippen molar-refractivity contribution in [3.05, 3.63) is 71.3 Å². The van der Waals surface area contributed by atoms with Crippen LogP contribution < -0.4 is 10.6 Å². The summed E-state index contributed by atoms with van der Waals surface area (Å²) in [4.78, 5) is 56.0. The van der Waals surface area contributed by atoms with Crippen molar-refractivity contribution in [1.82, 2.24) is 15.5 Å². The largest absolute Gasteiger partial charge is 0.458 e. The van der Waals surface area contributed by atoms with Crippen molar-refractivity contribution >= 4 is 36.5 Å². The van der Waals surface area contributed by atoms with Gasteiger partial charge in [0, 0.05) is 18.2 Å². The molecule has 1 fully saturated rings. The molecule has 0 heterocycles. The van der Waals surface area contributed by atoms with Gasteiger partial charge in [0.15, 0.2) is 0 Å². The summed E-state index contributed by atoms with van der Waals surface area (Å²) >= 11 is 4.36. The number of ether oxygens (including phenoxy) is 2. The molecule has 2 aromatic rings. The first-order valence-corrected chi connectivity index (χ1v) is 15.8. The number of rotatable bonds is 12. The minimum Gasteiger partial charge on any atom is -0.458 e. The third-order valence-electron chi connectivity index (χ3n) is 6.89. The highest BCUT2D eigenvalue weighted by atomic mass is 32.1. The summed E-state index contributed by atoms with van der Waals surface area (Å²) in [5.41, 5.74) is 0.989. The van der Waals surface area contributed by atoms with Gasteiger partial charge in [-0.25, -0.2) is 9.59 Å². The average Bonchev–Trinajstić information content (AvgIpc) is 3.78. The molecule has 0 radical (unpaired) electrons. The zero-order chi connectivity index (χ0) is 32.7. The molecule has 2 N–H and O–H groups in total. The number of alkyl carbamates (subject to hydrolysis) is 1. The molecule has 44 heavy (non-hydrogen) atoms. The molecule has 2 aromatic carbocycles. The molecule has 3 amide bonds. The van der Waals surface area contributed by atoms with Crippen LogP contribution in [0.25, 0.3) is 0 Å². The quantitative estimate of drug-likeness (QED) is 0.222. The molecule has 0 spiro atoms. The molecule has 0 aliphatic heterocycles. The van der Waals surface area contributed by atoms with E-state index in [-0.39, 0.29) is 18.2 Å². The van der Waals surface area contributed by atoms with E-state index < -0.39 is 53.2 Å². The second kappa shape index (κ2) is 15.0. The Hall–Kier alpha value is -3.53. The zero-order valence-corrected chi connectivity index (χ0v) is 27.8. The normalized spacial score (nSPS) is 15.4. The van der Waals surface area contributed by atoms with Crippen LogP contribution in [-0.2, 0) is 36.7 Å². The number of amides is 3. The van der Waals surface area contributed by atoms with E-state index in [9.17, 15) is 19.2 Å². The van der Waals surface area contributed by atoms with E-state index in [0.29, 0.717) is 18.4 Å². The number of esters is 1. The van der Waals surface area contributed by atoms with E-state index in [4.69, 9.17) is 9.47 Å². The fourth-order valence-electron chi connectivity index (χ4n) is 4.73. The Kier molecular flexibility index (Phi) is 11.9. The van der Waals surface area contributed by atoms with E-state index in [1.165, 1.54) is 4.90 Å². The molecule has 10 heteroatoms. The van der Waals surface area contributed by atoms with Crippen LogP contribution in [0.15, 0.2) is 54.6 Å². The maximum absolute atomic E-state index is 14.3. The summed E-state index contributed by atoms with van der Waals surface area (Å²) in [7, 11) is 0. The van der Waals surface area contributed by atoms with Gasteiger partial charge in [-0.15, -0.1) is 0 Å². The first-order valence-electron chi connectivity index (χ1n) is 15.2. The summed E-state index contributed by atoms with van der Waals surface area (Å²) in [6.07, 6.45) is 1.67. The summed E-state index contributed by atoms with van der Waals surface area (Å²) in [6, 6.07) is 13.6. The van der Waals surface area contributed by atoms with Crippen molar-refractivity contribution in [1.29, 1.82) is 0 Å². The first-order chi connectivity index (χ1) is 20.6.